The van der Waals surface area contributed by atoms with E-state index in [9.17, 15) is 4.79 Å². The molecule has 6 atom stereocenters. The monoisotopic (exact) mass is 345 g/mol. The number of benzene rings is 1. The maximum Gasteiger partial charge on any atom is 0.192 e. The molecule has 4 aliphatic rings. The molecule has 1 aromatic carbocycles. The van der Waals surface area contributed by atoms with Crippen molar-refractivity contribution in [1.82, 2.24) is 5.32 Å². The lowest BCUT2D eigenvalue weighted by atomic mass is 9.46. The fourth-order valence-electron chi connectivity index (χ4n) is 5.76. The van der Waals surface area contributed by atoms with Gasteiger partial charge in [0.25, 0.3) is 0 Å². The van der Waals surface area contributed by atoms with Gasteiger partial charge in [0.05, 0.1) is 34.1 Å². The van der Waals surface area contributed by atoms with Gasteiger partial charge >= 0.3 is 0 Å². The Hall–Kier alpha value is -2.07. The summed E-state index contributed by atoms with van der Waals surface area (Å²) >= 11 is 0. The predicted octanol–water partition coefficient (Wildman–Crippen LogP) is -2.72. The largest absolute Gasteiger partial charge is 0.479 e. The summed E-state index contributed by atoms with van der Waals surface area (Å²) in [5.74, 6) is 0.186. The van der Waals surface area contributed by atoms with Gasteiger partial charge in [-0.2, -0.15) is 0 Å². The topological polar surface area (TPSA) is 194 Å². The predicted molar refractivity (Wildman–Crippen MR) is 93.8 cm³/mol. The van der Waals surface area contributed by atoms with Crippen LogP contribution < -0.4 is 44.5 Å². The van der Waals surface area contributed by atoms with Crippen LogP contribution >= 0.6 is 0 Å². The number of carbonyl (C=O) groups is 1. The highest BCUT2D eigenvalue weighted by Crippen LogP contribution is 2.63. The van der Waals surface area contributed by atoms with Crippen molar-refractivity contribution in [1.29, 1.82) is 0 Å². The molecule has 134 valence electrons. The van der Waals surface area contributed by atoms with E-state index < -0.39 is 29.1 Å². The van der Waals surface area contributed by atoms with Crippen LogP contribution in [0, 0.1) is 0 Å². The molecule has 6 unspecified atom stereocenters. The van der Waals surface area contributed by atoms with E-state index in [0.717, 1.165) is 11.1 Å². The number of anilines is 3. The van der Waals surface area contributed by atoms with E-state index in [0.29, 0.717) is 30.8 Å². The van der Waals surface area contributed by atoms with Gasteiger partial charge in [0.2, 0.25) is 0 Å². The number of ketones is 1. The van der Waals surface area contributed by atoms with Crippen molar-refractivity contribution >= 4 is 22.8 Å². The second-order valence-corrected chi connectivity index (χ2v) is 7.74. The van der Waals surface area contributed by atoms with Gasteiger partial charge in [-0.25, -0.2) is 0 Å². The van der Waals surface area contributed by atoms with Gasteiger partial charge in [-0.3, -0.25) is 4.79 Å². The number of nitrogens with one attached hydrogen (secondary N) is 1. The Morgan fingerprint density at radius 3 is 2.56 bits per heavy atom. The first-order valence-corrected chi connectivity index (χ1v) is 8.50. The molecule has 9 heteroatoms. The third-order valence-corrected chi connectivity index (χ3v) is 7.00. The first-order chi connectivity index (χ1) is 11.8. The summed E-state index contributed by atoms with van der Waals surface area (Å²) in [6.45, 7) is 0.696. The molecule has 13 N–H and O–H groups in total. The Morgan fingerprint density at radius 1 is 1.12 bits per heavy atom. The minimum atomic E-state index is -0.934. The lowest BCUT2D eigenvalue weighted by molar-refractivity contribution is -0.140. The molecule has 2 aliphatic heterocycles. The maximum absolute atomic E-state index is 13.0. The minimum absolute atomic E-state index is 0.176. The molecule has 1 saturated heterocycles. The summed E-state index contributed by atoms with van der Waals surface area (Å²) in [4.78, 5) is 13.0. The van der Waals surface area contributed by atoms with Gasteiger partial charge in [-0.15, -0.1) is 0 Å². The molecule has 2 fully saturated rings. The molecule has 1 aromatic rings. The van der Waals surface area contributed by atoms with Crippen LogP contribution in [0.3, 0.4) is 0 Å². The summed E-state index contributed by atoms with van der Waals surface area (Å²) in [5, 5.41) is 3.44. The number of ether oxygens (including phenoxy) is 1. The molecule has 0 aromatic heterocycles. The minimum Gasteiger partial charge on any atom is -0.479 e. The summed E-state index contributed by atoms with van der Waals surface area (Å²) < 4.78 is 6.09. The highest BCUT2D eigenvalue weighted by molar-refractivity contribution is 5.98. The van der Waals surface area contributed by atoms with E-state index in [1.807, 2.05) is 0 Å². The van der Waals surface area contributed by atoms with Crippen molar-refractivity contribution in [3.05, 3.63) is 11.1 Å². The van der Waals surface area contributed by atoms with Crippen molar-refractivity contribution in [3.8, 4) is 5.75 Å². The van der Waals surface area contributed by atoms with Crippen molar-refractivity contribution in [2.75, 3.05) is 23.7 Å². The SMILES string of the molecule is Nc1c(N)c2c3c(c1N)OC1C(=O)C(N)C(N)C4(N)C(C2)NCCC314. The normalized spacial score (nSPS) is 43.6. The third-order valence-electron chi connectivity index (χ3n) is 7.00. The zero-order valence-electron chi connectivity index (χ0n) is 13.7. The van der Waals surface area contributed by atoms with E-state index >= 15 is 0 Å². The van der Waals surface area contributed by atoms with Gasteiger partial charge in [0.15, 0.2) is 11.9 Å². The average molecular weight is 345 g/mol. The fourth-order valence-corrected chi connectivity index (χ4v) is 5.76. The van der Waals surface area contributed by atoms with E-state index in [1.54, 1.807) is 0 Å². The molecule has 2 heterocycles. The summed E-state index contributed by atoms with van der Waals surface area (Å²) in [6, 6.07) is -1.76. The summed E-state index contributed by atoms with van der Waals surface area (Å²) in [5.41, 5.74) is 39.0. The fraction of sp³-hybridized carbons (Fsp3) is 0.562. The molecule has 2 bridgehead atoms. The maximum atomic E-state index is 13.0. The van der Waals surface area contributed by atoms with Gasteiger partial charge in [-0.05, 0) is 24.9 Å². The van der Waals surface area contributed by atoms with Crippen LogP contribution in [0.25, 0.3) is 0 Å². The number of hydrogen-bond acceptors (Lipinski definition) is 9. The van der Waals surface area contributed by atoms with Crippen LogP contribution in [0.5, 0.6) is 5.75 Å². The zero-order chi connectivity index (χ0) is 17.9. The van der Waals surface area contributed by atoms with Gasteiger partial charge in [0, 0.05) is 17.6 Å². The van der Waals surface area contributed by atoms with E-state index in [4.69, 9.17) is 39.1 Å². The zero-order valence-corrected chi connectivity index (χ0v) is 13.7. The number of piperidine rings is 1. The van der Waals surface area contributed by atoms with Crippen molar-refractivity contribution < 1.29 is 9.53 Å². The molecule has 25 heavy (non-hydrogen) atoms. The van der Waals surface area contributed by atoms with Gasteiger partial charge < -0.3 is 44.5 Å². The molecule has 2 aliphatic carbocycles. The highest BCUT2D eigenvalue weighted by atomic mass is 16.5. The number of Topliss-reactive ketones (excluding diaryl/α,β-unsaturated/α-hetero) is 1. The van der Waals surface area contributed by atoms with Crippen LogP contribution in [-0.4, -0.2) is 42.1 Å². The molecule has 5 rings (SSSR count). The quantitative estimate of drug-likeness (QED) is 0.244. The molecular weight excluding hydrogens is 322 g/mol. The lowest BCUT2D eigenvalue weighted by Crippen LogP contribution is -2.89. The van der Waals surface area contributed by atoms with Crippen LogP contribution in [0.2, 0.25) is 0 Å². The Labute approximate surface area is 144 Å². The van der Waals surface area contributed by atoms with Crippen LogP contribution in [0.4, 0.5) is 17.1 Å². The molecular formula is C16H23N7O2. The number of carbonyl (C=O) groups excluding carboxylic acids is 1. The van der Waals surface area contributed by atoms with E-state index in [-0.39, 0.29) is 23.2 Å². The van der Waals surface area contributed by atoms with Crippen molar-refractivity contribution in [3.63, 3.8) is 0 Å². The Kier molecular flexibility index (Phi) is 2.54. The van der Waals surface area contributed by atoms with Crippen molar-refractivity contribution in [2.45, 2.75) is 48.0 Å². The van der Waals surface area contributed by atoms with Gasteiger partial charge in [-0.1, -0.05) is 0 Å². The Bertz CT molecular complexity index is 843. The first-order valence-electron chi connectivity index (χ1n) is 8.50. The Balaban J connectivity index is 1.92. The number of hydrogen-bond donors (Lipinski definition) is 7. The van der Waals surface area contributed by atoms with E-state index in [1.165, 1.54) is 0 Å². The number of nitrogen functional groups attached to an aromatic ring is 3. The average Bonchev–Trinajstić information content (AvgIpc) is 2.92. The van der Waals surface area contributed by atoms with Crippen LogP contribution in [-0.2, 0) is 16.6 Å². The molecule has 9 nitrogen and oxygen atoms in total. The third kappa shape index (κ3) is 1.30. The Morgan fingerprint density at radius 2 is 1.84 bits per heavy atom. The lowest BCUT2D eigenvalue weighted by Gasteiger charge is -2.64. The smallest absolute Gasteiger partial charge is 0.192 e. The number of nitrogens with two attached hydrogens (primary N) is 6. The molecule has 0 amide bonds. The summed E-state index contributed by atoms with van der Waals surface area (Å²) in [7, 11) is 0. The molecule has 1 spiro atoms. The molecule has 0 radical (unpaired) electrons. The second-order valence-electron chi connectivity index (χ2n) is 7.74. The van der Waals surface area contributed by atoms with Gasteiger partial charge in [0.1, 0.15) is 5.75 Å². The van der Waals surface area contributed by atoms with Crippen molar-refractivity contribution in [2.24, 2.45) is 17.2 Å². The van der Waals surface area contributed by atoms with E-state index in [2.05, 4.69) is 5.32 Å². The summed E-state index contributed by atoms with van der Waals surface area (Å²) in [6.07, 6.45) is 0.329. The van der Waals surface area contributed by atoms with Crippen LogP contribution in [0.15, 0.2) is 0 Å². The highest BCUT2D eigenvalue weighted by Gasteiger charge is 2.75. The van der Waals surface area contributed by atoms with Crippen LogP contribution in [0.1, 0.15) is 17.5 Å². The first kappa shape index (κ1) is 15.2. The second kappa shape index (κ2) is 4.18. The number of rotatable bonds is 0. The molecule has 1 saturated carbocycles. The standard InChI is InChI=1S/C16H23N7O2/c17-7-4-3-5-16(22)13(21)10(20)11(24)14-15(16,1-2-23-5)6(4)12(25-14)9(19)8(7)18/h5,10,13-14,23H,1-3,17-22H2.